The first-order chi connectivity index (χ1) is 18.0. The van der Waals surface area contributed by atoms with Crippen LogP contribution in [0.25, 0.3) is 10.9 Å². The van der Waals surface area contributed by atoms with E-state index in [1.165, 1.54) is 0 Å². The maximum absolute atomic E-state index is 13.8. The summed E-state index contributed by atoms with van der Waals surface area (Å²) in [4.78, 5) is 40.7. The molecule has 0 bridgehead atoms. The number of esters is 1. The molecule has 1 aromatic heterocycles. The molecule has 1 amide bonds. The van der Waals surface area contributed by atoms with Crippen molar-refractivity contribution >= 4 is 41.2 Å². The average molecular weight is 559 g/mol. The molecular formula is C29H39ClN4O5. The number of hydrogen-bond acceptors (Lipinski definition) is 7. The molecule has 1 aliphatic heterocycles. The Kier molecular flexibility index (Phi) is 7.94. The average Bonchev–Trinajstić information content (AvgIpc) is 3.42. The number of aromatic nitrogens is 1. The van der Waals surface area contributed by atoms with Gasteiger partial charge >= 0.3 is 12.1 Å². The van der Waals surface area contributed by atoms with E-state index in [9.17, 15) is 14.4 Å². The number of nitrogens with zero attached hydrogens (tertiary/aromatic N) is 2. The summed E-state index contributed by atoms with van der Waals surface area (Å²) in [5.74, 6) is -0.288. The Bertz CT molecular complexity index is 1290. The Labute approximate surface area is 235 Å². The van der Waals surface area contributed by atoms with Gasteiger partial charge in [-0.15, -0.1) is 12.4 Å². The summed E-state index contributed by atoms with van der Waals surface area (Å²) in [6, 6.07) is 8.08. The van der Waals surface area contributed by atoms with Crippen molar-refractivity contribution in [1.29, 1.82) is 0 Å². The largest absolute Gasteiger partial charge is 0.444 e. The summed E-state index contributed by atoms with van der Waals surface area (Å²) in [5.41, 5.74) is 1.75. The molecule has 2 aromatic rings. The lowest BCUT2D eigenvalue weighted by molar-refractivity contribution is -0.155. The van der Waals surface area contributed by atoms with E-state index in [0.717, 1.165) is 35.0 Å². The van der Waals surface area contributed by atoms with Crippen LogP contribution in [-0.2, 0) is 27.7 Å². The van der Waals surface area contributed by atoms with Crippen LogP contribution < -0.4 is 10.6 Å². The van der Waals surface area contributed by atoms with Gasteiger partial charge in [-0.05, 0) is 52.5 Å². The van der Waals surface area contributed by atoms with Gasteiger partial charge in [0.25, 0.3) is 0 Å². The second-order valence-corrected chi connectivity index (χ2v) is 11.9. The van der Waals surface area contributed by atoms with Gasteiger partial charge in [-0.3, -0.25) is 9.59 Å². The summed E-state index contributed by atoms with van der Waals surface area (Å²) in [6.45, 7) is 7.75. The van der Waals surface area contributed by atoms with Gasteiger partial charge in [0, 0.05) is 60.0 Å². The van der Waals surface area contributed by atoms with Crippen molar-refractivity contribution in [1.82, 2.24) is 20.1 Å². The zero-order chi connectivity index (χ0) is 27.2. The Balaban J connectivity index is 0.00000353. The number of carbonyl (C=O) groups excluding carboxylic acids is 3. The number of para-hydroxylation sites is 1. The lowest BCUT2D eigenvalue weighted by Crippen LogP contribution is -2.47. The molecule has 2 aliphatic carbocycles. The molecule has 39 heavy (non-hydrogen) atoms. The summed E-state index contributed by atoms with van der Waals surface area (Å²) < 4.78 is 13.1. The zero-order valence-electron chi connectivity index (χ0n) is 23.3. The Morgan fingerprint density at radius 2 is 1.95 bits per heavy atom. The van der Waals surface area contributed by atoms with Gasteiger partial charge in [-0.2, -0.15) is 0 Å². The van der Waals surface area contributed by atoms with Crippen molar-refractivity contribution in [2.24, 2.45) is 24.3 Å². The second-order valence-electron chi connectivity index (χ2n) is 11.9. The fourth-order valence-electron chi connectivity index (χ4n) is 5.79. The highest BCUT2D eigenvalue weighted by atomic mass is 35.5. The molecule has 1 fully saturated rings. The van der Waals surface area contributed by atoms with Gasteiger partial charge in [0.1, 0.15) is 11.8 Å². The van der Waals surface area contributed by atoms with Crippen molar-refractivity contribution in [3.63, 3.8) is 0 Å². The predicted octanol–water partition coefficient (Wildman–Crippen LogP) is 4.49. The molecule has 1 aromatic carbocycles. The van der Waals surface area contributed by atoms with Gasteiger partial charge in [-0.25, -0.2) is 4.79 Å². The van der Waals surface area contributed by atoms with E-state index in [2.05, 4.69) is 28.2 Å². The van der Waals surface area contributed by atoms with E-state index in [1.54, 1.807) is 20.8 Å². The Morgan fingerprint density at radius 1 is 1.23 bits per heavy atom. The van der Waals surface area contributed by atoms with E-state index >= 15 is 0 Å². The number of amides is 1. The summed E-state index contributed by atoms with van der Waals surface area (Å²) >= 11 is 0. The first kappa shape index (κ1) is 28.8. The Hall–Kier alpha value is -3.20. The molecule has 1 saturated carbocycles. The minimum atomic E-state index is -0.695. The third-order valence-corrected chi connectivity index (χ3v) is 8.13. The normalized spacial score (nSPS) is 22.0. The summed E-state index contributed by atoms with van der Waals surface area (Å²) in [7, 11) is 2.03. The number of aryl methyl sites for hydroxylation is 1. The van der Waals surface area contributed by atoms with Crippen LogP contribution in [0.1, 0.15) is 63.0 Å². The van der Waals surface area contributed by atoms with Crippen LogP contribution in [0, 0.1) is 17.3 Å². The highest BCUT2D eigenvalue weighted by Crippen LogP contribution is 2.46. The van der Waals surface area contributed by atoms with Gasteiger partial charge < -0.3 is 29.6 Å². The molecule has 3 aliphatic rings. The summed E-state index contributed by atoms with van der Waals surface area (Å²) in [5, 5.41) is 7.08. The van der Waals surface area contributed by atoms with Gasteiger partial charge in [0.2, 0.25) is 0 Å². The lowest BCUT2D eigenvalue weighted by atomic mass is 9.76. The van der Waals surface area contributed by atoms with Crippen LogP contribution in [0.5, 0.6) is 0 Å². The SMILES string of the molecule is CC(C1NC=CN1COC(=O)C1(CNC(=O)OC(C)(C)C)CC1)[C@H]1CCc2c(c3ccccc3n2C)C1=O.Cl. The van der Waals surface area contributed by atoms with E-state index < -0.39 is 17.1 Å². The number of rotatable bonds is 7. The van der Waals surface area contributed by atoms with Crippen molar-refractivity contribution < 1.29 is 23.9 Å². The molecule has 212 valence electrons. The van der Waals surface area contributed by atoms with Crippen LogP contribution in [-0.4, -0.2) is 52.4 Å². The molecule has 3 atom stereocenters. The monoisotopic (exact) mass is 558 g/mol. The predicted molar refractivity (Wildman–Crippen MR) is 150 cm³/mol. The molecule has 0 saturated heterocycles. The van der Waals surface area contributed by atoms with E-state index in [1.807, 2.05) is 42.5 Å². The number of alkyl carbamates (subject to hydrolysis) is 1. The molecule has 9 nitrogen and oxygen atoms in total. The number of halogens is 1. The molecule has 5 rings (SSSR count). The number of carbonyl (C=O) groups is 3. The maximum Gasteiger partial charge on any atom is 0.407 e. The quantitative estimate of drug-likeness (QED) is 0.483. The van der Waals surface area contributed by atoms with E-state index in [-0.39, 0.29) is 55.4 Å². The Morgan fingerprint density at radius 3 is 2.64 bits per heavy atom. The van der Waals surface area contributed by atoms with Crippen LogP contribution in [0.3, 0.4) is 0 Å². The molecule has 0 spiro atoms. The van der Waals surface area contributed by atoms with Crippen LogP contribution in [0.4, 0.5) is 4.79 Å². The molecule has 10 heteroatoms. The van der Waals surface area contributed by atoms with Crippen molar-refractivity contribution in [3.8, 4) is 0 Å². The first-order valence-electron chi connectivity index (χ1n) is 13.4. The first-order valence-corrected chi connectivity index (χ1v) is 13.4. The number of nitrogens with one attached hydrogen (secondary N) is 2. The second kappa shape index (κ2) is 10.8. The van der Waals surface area contributed by atoms with Gasteiger partial charge in [0.05, 0.1) is 5.41 Å². The maximum atomic E-state index is 13.8. The van der Waals surface area contributed by atoms with Gasteiger partial charge in [-0.1, -0.05) is 25.1 Å². The smallest absolute Gasteiger partial charge is 0.407 e. The van der Waals surface area contributed by atoms with Crippen molar-refractivity contribution in [2.75, 3.05) is 13.3 Å². The molecular weight excluding hydrogens is 520 g/mol. The topological polar surface area (TPSA) is 102 Å². The third kappa shape index (κ3) is 5.60. The number of ether oxygens (including phenoxy) is 2. The van der Waals surface area contributed by atoms with Crippen molar-refractivity contribution in [3.05, 3.63) is 47.9 Å². The zero-order valence-corrected chi connectivity index (χ0v) is 24.1. The summed E-state index contributed by atoms with van der Waals surface area (Å²) in [6.07, 6.45) is 5.96. The fourth-order valence-corrected chi connectivity index (χ4v) is 5.79. The van der Waals surface area contributed by atoms with Crippen LogP contribution in [0.2, 0.25) is 0 Å². The fraction of sp³-hybridized carbons (Fsp3) is 0.552. The number of Topliss-reactive ketones (excluding diaryl/α,β-unsaturated/α-hetero) is 1. The number of benzene rings is 1. The number of ketones is 1. The van der Waals surface area contributed by atoms with Crippen LogP contribution in [0.15, 0.2) is 36.7 Å². The van der Waals surface area contributed by atoms with E-state index in [4.69, 9.17) is 9.47 Å². The number of fused-ring (bicyclic) bond motifs is 3. The highest BCUT2D eigenvalue weighted by molar-refractivity contribution is 6.11. The van der Waals surface area contributed by atoms with Gasteiger partial charge in [0.15, 0.2) is 12.5 Å². The highest BCUT2D eigenvalue weighted by Gasteiger charge is 2.52. The van der Waals surface area contributed by atoms with Crippen LogP contribution >= 0.6 is 12.4 Å². The third-order valence-electron chi connectivity index (χ3n) is 8.13. The molecule has 2 unspecified atom stereocenters. The number of hydrogen-bond donors (Lipinski definition) is 2. The molecule has 0 radical (unpaired) electrons. The van der Waals surface area contributed by atoms with Crippen molar-refractivity contribution in [2.45, 2.75) is 65.1 Å². The minimum absolute atomic E-state index is 0. The lowest BCUT2D eigenvalue weighted by Gasteiger charge is -2.36. The standard InChI is InChI=1S/C29H38N4O5.ClH/c1-18(19-10-11-22-23(24(19)34)20-8-6-7-9-21(20)32(22)5)25-30-14-15-33(25)17-37-26(35)29(12-13-29)16-31-27(36)38-28(2,3)4;/h6-9,14-15,18-19,25,30H,10-13,16-17H2,1-5H3,(H,31,36);1H/t18?,19-,25?;/m1./s1. The minimum Gasteiger partial charge on any atom is -0.444 e. The van der Waals surface area contributed by atoms with E-state index in [0.29, 0.717) is 12.8 Å². The molecule has 2 N–H and O–H groups in total. The molecule has 2 heterocycles.